The Balaban J connectivity index is 1.69. The second-order valence-corrected chi connectivity index (χ2v) is 5.26. The largest absolute Gasteiger partial charge is 0.325 e. The van der Waals surface area contributed by atoms with E-state index in [4.69, 9.17) is 0 Å². The van der Waals surface area contributed by atoms with Crippen LogP contribution < -0.4 is 10.6 Å². The molecule has 1 aromatic carbocycles. The number of benzene rings is 1. The van der Waals surface area contributed by atoms with Gasteiger partial charge in [-0.2, -0.15) is 0 Å². The minimum atomic E-state index is -0.0916. The van der Waals surface area contributed by atoms with Gasteiger partial charge in [0.25, 0.3) is 0 Å². The van der Waals surface area contributed by atoms with Crippen molar-refractivity contribution in [3.05, 3.63) is 36.9 Å². The summed E-state index contributed by atoms with van der Waals surface area (Å²) in [6.45, 7) is 0.916. The van der Waals surface area contributed by atoms with Gasteiger partial charge in [-0.05, 0) is 37.6 Å². The highest BCUT2D eigenvalue weighted by Gasteiger charge is 2.19. The fourth-order valence-corrected chi connectivity index (χ4v) is 2.56. The molecule has 1 aromatic heterocycles. The van der Waals surface area contributed by atoms with Crippen LogP contribution in [0.2, 0.25) is 0 Å². The third-order valence-electron chi connectivity index (χ3n) is 3.71. The van der Waals surface area contributed by atoms with Gasteiger partial charge >= 0.3 is 0 Å². The standard InChI is InChI=1S/C15H19N5O/c21-15(14-7-2-1-3-8-16-14)19-12-5-4-6-13(9-12)20-10-17-18-11-20/h4-6,9-11,14,16H,1-3,7-8H2,(H,19,21). The van der Waals surface area contributed by atoms with Crippen LogP contribution in [-0.4, -0.2) is 33.3 Å². The lowest BCUT2D eigenvalue weighted by molar-refractivity contribution is -0.118. The highest BCUT2D eigenvalue weighted by molar-refractivity contribution is 5.95. The lowest BCUT2D eigenvalue weighted by atomic mass is 10.1. The second-order valence-electron chi connectivity index (χ2n) is 5.26. The highest BCUT2D eigenvalue weighted by atomic mass is 16.2. The first-order valence-corrected chi connectivity index (χ1v) is 7.32. The Morgan fingerprint density at radius 1 is 1.24 bits per heavy atom. The molecule has 6 nitrogen and oxygen atoms in total. The molecule has 6 heteroatoms. The molecule has 1 aliphatic rings. The van der Waals surface area contributed by atoms with E-state index in [0.717, 1.165) is 37.2 Å². The van der Waals surface area contributed by atoms with Crippen molar-refractivity contribution in [2.75, 3.05) is 11.9 Å². The summed E-state index contributed by atoms with van der Waals surface area (Å²) in [5.41, 5.74) is 1.71. The molecule has 0 bridgehead atoms. The van der Waals surface area contributed by atoms with Crippen LogP contribution >= 0.6 is 0 Å². The van der Waals surface area contributed by atoms with Gasteiger partial charge < -0.3 is 10.6 Å². The molecule has 3 rings (SSSR count). The summed E-state index contributed by atoms with van der Waals surface area (Å²) < 4.78 is 1.81. The van der Waals surface area contributed by atoms with Crippen molar-refractivity contribution < 1.29 is 4.79 Å². The number of aromatic nitrogens is 3. The summed E-state index contributed by atoms with van der Waals surface area (Å²) in [6, 6.07) is 7.57. The molecule has 110 valence electrons. The molecule has 1 fully saturated rings. The summed E-state index contributed by atoms with van der Waals surface area (Å²) in [5, 5.41) is 13.9. The zero-order valence-electron chi connectivity index (χ0n) is 11.8. The Morgan fingerprint density at radius 3 is 2.95 bits per heavy atom. The third-order valence-corrected chi connectivity index (χ3v) is 3.71. The maximum Gasteiger partial charge on any atom is 0.241 e. The van der Waals surface area contributed by atoms with Crippen molar-refractivity contribution in [2.24, 2.45) is 0 Å². The van der Waals surface area contributed by atoms with E-state index in [1.165, 1.54) is 6.42 Å². The Kier molecular flexibility index (Phi) is 4.25. The van der Waals surface area contributed by atoms with Gasteiger partial charge in [0.05, 0.1) is 11.7 Å². The Hall–Kier alpha value is -2.21. The molecule has 1 unspecified atom stereocenters. The average Bonchev–Trinajstić information content (AvgIpc) is 2.90. The van der Waals surface area contributed by atoms with E-state index < -0.39 is 0 Å². The maximum absolute atomic E-state index is 12.3. The number of carbonyl (C=O) groups excluding carboxylic acids is 1. The van der Waals surface area contributed by atoms with E-state index in [0.29, 0.717) is 0 Å². The smallest absolute Gasteiger partial charge is 0.241 e. The van der Waals surface area contributed by atoms with Gasteiger partial charge in [-0.1, -0.05) is 18.9 Å². The third kappa shape index (κ3) is 3.46. The number of hydrogen-bond donors (Lipinski definition) is 2. The van der Waals surface area contributed by atoms with E-state index >= 15 is 0 Å². The predicted molar refractivity (Wildman–Crippen MR) is 80.2 cm³/mol. The predicted octanol–water partition coefficient (Wildman–Crippen LogP) is 1.74. The molecule has 1 aliphatic heterocycles. The van der Waals surface area contributed by atoms with Gasteiger partial charge in [0.15, 0.2) is 0 Å². The molecular formula is C15H19N5O. The summed E-state index contributed by atoms with van der Waals surface area (Å²) in [4.78, 5) is 12.3. The first-order chi connectivity index (χ1) is 10.3. The molecule has 0 spiro atoms. The molecule has 1 amide bonds. The fourth-order valence-electron chi connectivity index (χ4n) is 2.56. The van der Waals surface area contributed by atoms with E-state index in [1.54, 1.807) is 17.2 Å². The van der Waals surface area contributed by atoms with Gasteiger partial charge in [-0.3, -0.25) is 9.36 Å². The maximum atomic E-state index is 12.3. The van der Waals surface area contributed by atoms with Crippen molar-refractivity contribution >= 4 is 11.6 Å². The summed E-state index contributed by atoms with van der Waals surface area (Å²) in [6.07, 6.45) is 7.61. The van der Waals surface area contributed by atoms with Crippen LogP contribution in [0.3, 0.4) is 0 Å². The van der Waals surface area contributed by atoms with E-state index in [1.807, 2.05) is 24.3 Å². The van der Waals surface area contributed by atoms with Crippen molar-refractivity contribution in [3.8, 4) is 5.69 Å². The van der Waals surface area contributed by atoms with E-state index in [-0.39, 0.29) is 11.9 Å². The van der Waals surface area contributed by atoms with Crippen molar-refractivity contribution in [2.45, 2.75) is 31.7 Å². The molecule has 2 heterocycles. The summed E-state index contributed by atoms with van der Waals surface area (Å²) >= 11 is 0. The summed E-state index contributed by atoms with van der Waals surface area (Å²) in [7, 11) is 0. The molecule has 0 radical (unpaired) electrons. The first kappa shape index (κ1) is 13.8. The molecule has 1 atom stereocenters. The van der Waals surface area contributed by atoms with Gasteiger partial charge in [0.2, 0.25) is 5.91 Å². The number of anilines is 1. The molecule has 1 saturated heterocycles. The van der Waals surface area contributed by atoms with Crippen molar-refractivity contribution in [1.82, 2.24) is 20.1 Å². The average molecular weight is 285 g/mol. The first-order valence-electron chi connectivity index (χ1n) is 7.32. The minimum absolute atomic E-state index is 0.0396. The van der Waals surface area contributed by atoms with Crippen LogP contribution in [0.15, 0.2) is 36.9 Å². The van der Waals surface area contributed by atoms with Crippen LogP contribution in [-0.2, 0) is 4.79 Å². The van der Waals surface area contributed by atoms with E-state index in [2.05, 4.69) is 20.8 Å². The monoisotopic (exact) mass is 285 g/mol. The number of amides is 1. The van der Waals surface area contributed by atoms with Gasteiger partial charge in [-0.25, -0.2) is 0 Å². The molecule has 2 aromatic rings. The molecule has 0 saturated carbocycles. The fraction of sp³-hybridized carbons (Fsp3) is 0.400. The van der Waals surface area contributed by atoms with Gasteiger partial charge in [0, 0.05) is 5.69 Å². The van der Waals surface area contributed by atoms with Crippen LogP contribution in [0.1, 0.15) is 25.7 Å². The van der Waals surface area contributed by atoms with Gasteiger partial charge in [-0.15, -0.1) is 10.2 Å². The Morgan fingerprint density at radius 2 is 2.10 bits per heavy atom. The van der Waals surface area contributed by atoms with Gasteiger partial charge in [0.1, 0.15) is 12.7 Å². The quantitative estimate of drug-likeness (QED) is 0.901. The number of nitrogens with one attached hydrogen (secondary N) is 2. The number of rotatable bonds is 3. The van der Waals surface area contributed by atoms with Crippen molar-refractivity contribution in [1.29, 1.82) is 0 Å². The molecule has 2 N–H and O–H groups in total. The van der Waals surface area contributed by atoms with Crippen LogP contribution in [0.4, 0.5) is 5.69 Å². The number of carbonyl (C=O) groups is 1. The Labute approximate surface area is 123 Å². The number of hydrogen-bond acceptors (Lipinski definition) is 4. The SMILES string of the molecule is O=C(Nc1cccc(-n2cnnc2)c1)C1CCCCCN1. The lowest BCUT2D eigenvalue weighted by Gasteiger charge is -2.16. The van der Waals surface area contributed by atoms with Crippen molar-refractivity contribution in [3.63, 3.8) is 0 Å². The number of nitrogens with zero attached hydrogens (tertiary/aromatic N) is 3. The highest BCUT2D eigenvalue weighted by Crippen LogP contribution is 2.16. The summed E-state index contributed by atoms with van der Waals surface area (Å²) in [5.74, 6) is 0.0396. The van der Waals surface area contributed by atoms with Crippen LogP contribution in [0.5, 0.6) is 0 Å². The zero-order chi connectivity index (χ0) is 14.5. The Bertz CT molecular complexity index is 588. The van der Waals surface area contributed by atoms with Crippen LogP contribution in [0, 0.1) is 0 Å². The van der Waals surface area contributed by atoms with Crippen LogP contribution in [0.25, 0.3) is 5.69 Å². The normalized spacial score (nSPS) is 19.0. The topological polar surface area (TPSA) is 71.8 Å². The second kappa shape index (κ2) is 6.49. The lowest BCUT2D eigenvalue weighted by Crippen LogP contribution is -2.39. The molecular weight excluding hydrogens is 266 g/mol. The zero-order valence-corrected chi connectivity index (χ0v) is 11.8. The molecule has 0 aliphatic carbocycles. The van der Waals surface area contributed by atoms with E-state index in [9.17, 15) is 4.79 Å². The molecule has 21 heavy (non-hydrogen) atoms. The minimum Gasteiger partial charge on any atom is -0.325 e.